The molecule has 1 heterocycles. The number of nitrogens with zero attached hydrogens (tertiary/aromatic N) is 3. The van der Waals surface area contributed by atoms with Crippen molar-refractivity contribution in [1.29, 1.82) is 0 Å². The molecule has 0 radical (unpaired) electrons. The van der Waals surface area contributed by atoms with Gasteiger partial charge >= 0.3 is 0 Å². The Morgan fingerprint density at radius 1 is 1.12 bits per heavy atom. The lowest BCUT2D eigenvalue weighted by molar-refractivity contribution is -0.128. The van der Waals surface area contributed by atoms with Gasteiger partial charge in [-0.15, -0.1) is 0 Å². The smallest absolute Gasteiger partial charge is 0.244 e. The zero-order valence-electron chi connectivity index (χ0n) is 16.3. The minimum absolute atomic E-state index is 0.135. The molecule has 0 aromatic rings. The monoisotopic (exact) mass is 339 g/mol. The number of carbonyl (C=O) groups is 1. The summed E-state index contributed by atoms with van der Waals surface area (Å²) in [7, 11) is 0. The lowest BCUT2D eigenvalue weighted by Gasteiger charge is -2.30. The van der Waals surface area contributed by atoms with E-state index in [4.69, 9.17) is 0 Å². The van der Waals surface area contributed by atoms with E-state index in [9.17, 15) is 4.79 Å². The molecular formula is C18H37N5O. The van der Waals surface area contributed by atoms with Gasteiger partial charge in [-0.25, -0.2) is 4.99 Å². The topological polar surface area (TPSA) is 60.0 Å². The molecule has 2 N–H and O–H groups in total. The Morgan fingerprint density at radius 3 is 2.29 bits per heavy atom. The SMILES string of the molecule is CCNC(=NCC(=O)N1CCCC1)NCCCN(C(C)C)C(C)C. The largest absolute Gasteiger partial charge is 0.357 e. The van der Waals surface area contributed by atoms with E-state index in [-0.39, 0.29) is 12.5 Å². The Labute approximate surface area is 148 Å². The molecule has 1 aliphatic rings. The van der Waals surface area contributed by atoms with E-state index in [1.807, 2.05) is 11.8 Å². The number of nitrogens with one attached hydrogen (secondary N) is 2. The lowest BCUT2D eigenvalue weighted by Crippen LogP contribution is -2.42. The Bertz CT molecular complexity index is 381. The summed E-state index contributed by atoms with van der Waals surface area (Å²) >= 11 is 0. The van der Waals surface area contributed by atoms with Gasteiger partial charge in [0.1, 0.15) is 6.54 Å². The van der Waals surface area contributed by atoms with Gasteiger partial charge in [0, 0.05) is 44.8 Å². The van der Waals surface area contributed by atoms with Crippen molar-refractivity contribution in [2.75, 3.05) is 39.3 Å². The molecule has 0 aliphatic carbocycles. The fourth-order valence-electron chi connectivity index (χ4n) is 3.14. The first kappa shape index (κ1) is 20.7. The molecule has 1 rings (SSSR count). The maximum absolute atomic E-state index is 12.1. The van der Waals surface area contributed by atoms with Crippen LogP contribution in [0.25, 0.3) is 0 Å². The van der Waals surface area contributed by atoms with Crippen LogP contribution >= 0.6 is 0 Å². The van der Waals surface area contributed by atoms with Gasteiger partial charge in [0.2, 0.25) is 5.91 Å². The Morgan fingerprint density at radius 2 is 1.75 bits per heavy atom. The van der Waals surface area contributed by atoms with Gasteiger partial charge in [-0.1, -0.05) is 0 Å². The van der Waals surface area contributed by atoms with Crippen molar-refractivity contribution in [1.82, 2.24) is 20.4 Å². The predicted octanol–water partition coefficient (Wildman–Crippen LogP) is 1.67. The summed E-state index contributed by atoms with van der Waals surface area (Å²) in [4.78, 5) is 20.9. The van der Waals surface area contributed by atoms with E-state index in [2.05, 4.69) is 48.2 Å². The Balaban J connectivity index is 2.36. The molecule has 0 aromatic heterocycles. The van der Waals surface area contributed by atoms with Crippen molar-refractivity contribution < 1.29 is 4.79 Å². The fraction of sp³-hybridized carbons (Fsp3) is 0.889. The molecule has 1 amide bonds. The maximum Gasteiger partial charge on any atom is 0.244 e. The van der Waals surface area contributed by atoms with Gasteiger partial charge < -0.3 is 15.5 Å². The molecule has 1 saturated heterocycles. The number of carbonyl (C=O) groups excluding carboxylic acids is 1. The van der Waals surface area contributed by atoms with E-state index < -0.39 is 0 Å². The highest BCUT2D eigenvalue weighted by molar-refractivity contribution is 5.85. The van der Waals surface area contributed by atoms with Gasteiger partial charge in [-0.2, -0.15) is 0 Å². The van der Waals surface area contributed by atoms with Crippen molar-refractivity contribution in [2.24, 2.45) is 4.99 Å². The van der Waals surface area contributed by atoms with E-state index in [1.165, 1.54) is 0 Å². The zero-order chi connectivity index (χ0) is 17.9. The number of hydrogen-bond acceptors (Lipinski definition) is 3. The summed E-state index contributed by atoms with van der Waals surface area (Å²) < 4.78 is 0. The first-order valence-corrected chi connectivity index (χ1v) is 9.51. The molecule has 0 aromatic carbocycles. The van der Waals surface area contributed by atoms with E-state index >= 15 is 0 Å². The quantitative estimate of drug-likeness (QED) is 0.381. The first-order valence-electron chi connectivity index (χ1n) is 9.51. The van der Waals surface area contributed by atoms with Gasteiger partial charge in [-0.05, 0) is 53.9 Å². The van der Waals surface area contributed by atoms with Crippen LogP contribution < -0.4 is 10.6 Å². The second-order valence-electron chi connectivity index (χ2n) is 6.99. The predicted molar refractivity (Wildman–Crippen MR) is 101 cm³/mol. The van der Waals surface area contributed by atoms with Crippen LogP contribution in [0.5, 0.6) is 0 Å². The third-order valence-electron chi connectivity index (χ3n) is 4.39. The van der Waals surface area contributed by atoms with Crippen molar-refractivity contribution in [3.63, 3.8) is 0 Å². The Hall–Kier alpha value is -1.30. The molecule has 0 spiro atoms. The van der Waals surface area contributed by atoms with Crippen molar-refractivity contribution in [2.45, 2.75) is 66.0 Å². The van der Waals surface area contributed by atoms with Crippen molar-refractivity contribution in [3.8, 4) is 0 Å². The average molecular weight is 340 g/mol. The van der Waals surface area contributed by atoms with E-state index in [0.717, 1.165) is 57.9 Å². The molecule has 0 saturated carbocycles. The lowest BCUT2D eigenvalue weighted by atomic mass is 10.2. The van der Waals surface area contributed by atoms with Crippen LogP contribution in [-0.4, -0.2) is 73.0 Å². The zero-order valence-corrected chi connectivity index (χ0v) is 16.3. The highest BCUT2D eigenvalue weighted by Crippen LogP contribution is 2.07. The molecule has 1 fully saturated rings. The van der Waals surface area contributed by atoms with Gasteiger partial charge in [0.25, 0.3) is 0 Å². The minimum Gasteiger partial charge on any atom is -0.357 e. The van der Waals surface area contributed by atoms with Gasteiger partial charge in [-0.3, -0.25) is 9.69 Å². The average Bonchev–Trinajstić information content (AvgIpc) is 3.05. The molecule has 1 aliphatic heterocycles. The molecule has 0 bridgehead atoms. The molecule has 0 unspecified atom stereocenters. The summed E-state index contributed by atoms with van der Waals surface area (Å²) in [5.41, 5.74) is 0. The molecule has 6 heteroatoms. The summed E-state index contributed by atoms with van der Waals surface area (Å²) in [5.74, 6) is 0.876. The number of amides is 1. The van der Waals surface area contributed by atoms with Crippen LogP contribution in [0.15, 0.2) is 4.99 Å². The number of guanidine groups is 1. The summed E-state index contributed by atoms with van der Waals surface area (Å²) in [5, 5.41) is 6.56. The minimum atomic E-state index is 0.135. The normalized spacial score (nSPS) is 15.7. The Kier molecular flexibility index (Phi) is 9.76. The number of hydrogen-bond donors (Lipinski definition) is 2. The van der Waals surface area contributed by atoms with E-state index in [0.29, 0.717) is 12.1 Å². The second-order valence-corrected chi connectivity index (χ2v) is 6.99. The first-order chi connectivity index (χ1) is 11.5. The van der Waals surface area contributed by atoms with E-state index in [1.54, 1.807) is 0 Å². The van der Waals surface area contributed by atoms with Crippen LogP contribution in [0, 0.1) is 0 Å². The van der Waals surface area contributed by atoms with Gasteiger partial charge in [0.15, 0.2) is 5.96 Å². The van der Waals surface area contributed by atoms with Crippen LogP contribution in [0.4, 0.5) is 0 Å². The van der Waals surface area contributed by atoms with Crippen LogP contribution in [0.3, 0.4) is 0 Å². The summed E-state index contributed by atoms with van der Waals surface area (Å²) in [6.45, 7) is 15.7. The third-order valence-corrected chi connectivity index (χ3v) is 4.39. The van der Waals surface area contributed by atoms with Crippen LogP contribution in [-0.2, 0) is 4.79 Å². The van der Waals surface area contributed by atoms with Crippen molar-refractivity contribution >= 4 is 11.9 Å². The van der Waals surface area contributed by atoms with Crippen LogP contribution in [0.1, 0.15) is 53.9 Å². The van der Waals surface area contributed by atoms with Crippen LogP contribution in [0.2, 0.25) is 0 Å². The molecular weight excluding hydrogens is 302 g/mol. The maximum atomic E-state index is 12.1. The number of rotatable bonds is 9. The second kappa shape index (κ2) is 11.3. The molecule has 0 atom stereocenters. The standard InChI is InChI=1S/C18H37N5O/c1-6-19-18(21-14-17(24)22-11-7-8-12-22)20-10-9-13-23(15(2)3)16(4)5/h15-16H,6-14H2,1-5H3,(H2,19,20,21). The highest BCUT2D eigenvalue weighted by atomic mass is 16.2. The third kappa shape index (κ3) is 7.51. The molecule has 140 valence electrons. The van der Waals surface area contributed by atoms with Gasteiger partial charge in [0.05, 0.1) is 0 Å². The number of aliphatic imine (C=N–C) groups is 1. The molecule has 24 heavy (non-hydrogen) atoms. The van der Waals surface area contributed by atoms with Crippen molar-refractivity contribution in [3.05, 3.63) is 0 Å². The summed E-state index contributed by atoms with van der Waals surface area (Å²) in [6.07, 6.45) is 3.30. The molecule has 6 nitrogen and oxygen atoms in total. The summed E-state index contributed by atoms with van der Waals surface area (Å²) in [6, 6.07) is 1.12. The fourth-order valence-corrected chi connectivity index (χ4v) is 3.14. The number of likely N-dealkylation sites (tertiary alicyclic amines) is 1. The highest BCUT2D eigenvalue weighted by Gasteiger charge is 2.17.